The number of nitrogens with zero attached hydrogens (tertiary/aromatic N) is 1. The summed E-state index contributed by atoms with van der Waals surface area (Å²) in [7, 11) is 1.30. The van der Waals surface area contributed by atoms with Crippen molar-refractivity contribution in [1.29, 1.82) is 0 Å². The Kier molecular flexibility index (Phi) is 10.3. The van der Waals surface area contributed by atoms with Crippen LogP contribution in [0.1, 0.15) is 31.2 Å². The van der Waals surface area contributed by atoms with E-state index in [1.54, 1.807) is 0 Å². The number of amides is 4. The van der Waals surface area contributed by atoms with Crippen LogP contribution in [0, 0.1) is 0 Å². The van der Waals surface area contributed by atoms with Crippen molar-refractivity contribution >= 4 is 23.6 Å². The fraction of sp³-hybridized carbons (Fsp3) is 0.474. The smallest absolute Gasteiger partial charge is 0.312 e. The Hall–Kier alpha value is -2.94. The van der Waals surface area contributed by atoms with Crippen LogP contribution >= 0.6 is 0 Å². The van der Waals surface area contributed by atoms with E-state index in [2.05, 4.69) is 10.6 Å². The van der Waals surface area contributed by atoms with Gasteiger partial charge in [0.15, 0.2) is 0 Å². The highest BCUT2D eigenvalue weighted by Gasteiger charge is 2.23. The van der Waals surface area contributed by atoms with E-state index in [0.717, 1.165) is 16.9 Å². The summed E-state index contributed by atoms with van der Waals surface area (Å²) < 4.78 is 0. The number of benzene rings is 1. The molecule has 0 spiro atoms. The molecule has 154 valence electrons. The minimum absolute atomic E-state index is 0.236. The van der Waals surface area contributed by atoms with Gasteiger partial charge in [0.25, 0.3) is 0 Å². The standard InChI is InChI=1S/C19H29N5O4/c1-24(13-15(21)25)19(28)18(27)23-16(9-5-6-12-20)22-17(26)11-10-14-7-3-2-4-8-14/h2-4,7-8,16H,5-6,9-13,20H2,1H3,(H2,21,25)(H,22,26)(H,23,27)/t16-/m0/s1. The van der Waals surface area contributed by atoms with Crippen molar-refractivity contribution < 1.29 is 19.2 Å². The third kappa shape index (κ3) is 9.13. The summed E-state index contributed by atoms with van der Waals surface area (Å²) in [4.78, 5) is 48.2. The zero-order valence-electron chi connectivity index (χ0n) is 16.1. The lowest BCUT2D eigenvalue weighted by Gasteiger charge is -2.22. The van der Waals surface area contributed by atoms with Crippen molar-refractivity contribution in [2.75, 3.05) is 20.1 Å². The van der Waals surface area contributed by atoms with Crippen LogP contribution in [0.15, 0.2) is 30.3 Å². The van der Waals surface area contributed by atoms with Crippen LogP contribution in [0.4, 0.5) is 0 Å². The SMILES string of the molecule is CN(CC(N)=O)C(=O)C(=O)N[C@@H](CCCCN)NC(=O)CCc1ccccc1. The van der Waals surface area contributed by atoms with Gasteiger partial charge in [-0.2, -0.15) is 0 Å². The molecule has 0 aliphatic heterocycles. The molecule has 0 unspecified atom stereocenters. The highest BCUT2D eigenvalue weighted by atomic mass is 16.2. The minimum Gasteiger partial charge on any atom is -0.368 e. The Morgan fingerprint density at radius 3 is 2.36 bits per heavy atom. The Bertz CT molecular complexity index is 666. The third-order valence-electron chi connectivity index (χ3n) is 4.00. The van der Waals surface area contributed by atoms with Crippen LogP contribution in [0.25, 0.3) is 0 Å². The molecule has 1 atom stereocenters. The Labute approximate surface area is 164 Å². The van der Waals surface area contributed by atoms with Crippen molar-refractivity contribution in [3.05, 3.63) is 35.9 Å². The second-order valence-corrected chi connectivity index (χ2v) is 6.49. The van der Waals surface area contributed by atoms with E-state index < -0.39 is 23.9 Å². The van der Waals surface area contributed by atoms with E-state index in [1.807, 2.05) is 30.3 Å². The van der Waals surface area contributed by atoms with Gasteiger partial charge in [0.05, 0.1) is 6.54 Å². The van der Waals surface area contributed by atoms with Crippen LogP contribution in [0.2, 0.25) is 0 Å². The first-order chi connectivity index (χ1) is 13.3. The van der Waals surface area contributed by atoms with Gasteiger partial charge in [-0.05, 0) is 37.8 Å². The van der Waals surface area contributed by atoms with Crippen LogP contribution in [-0.2, 0) is 25.6 Å². The molecule has 0 aromatic heterocycles. The quantitative estimate of drug-likeness (QED) is 0.223. The zero-order valence-corrected chi connectivity index (χ0v) is 16.1. The van der Waals surface area contributed by atoms with Gasteiger partial charge in [-0.3, -0.25) is 19.2 Å². The average Bonchev–Trinajstić information content (AvgIpc) is 2.66. The first kappa shape index (κ1) is 23.1. The molecular formula is C19H29N5O4. The van der Waals surface area contributed by atoms with Crippen molar-refractivity contribution in [3.63, 3.8) is 0 Å². The molecule has 0 aliphatic rings. The van der Waals surface area contributed by atoms with Crippen LogP contribution in [-0.4, -0.2) is 54.8 Å². The molecule has 0 heterocycles. The molecule has 6 N–H and O–H groups in total. The van der Waals surface area contributed by atoms with Gasteiger partial charge in [0.1, 0.15) is 6.17 Å². The number of carbonyl (C=O) groups is 4. The molecule has 0 radical (unpaired) electrons. The maximum absolute atomic E-state index is 12.2. The van der Waals surface area contributed by atoms with E-state index in [1.165, 1.54) is 7.05 Å². The highest BCUT2D eigenvalue weighted by molar-refractivity contribution is 6.35. The summed E-state index contributed by atoms with van der Waals surface area (Å²) in [5.74, 6) is -2.77. The molecule has 1 aromatic carbocycles. The number of carbonyl (C=O) groups excluding carboxylic acids is 4. The zero-order chi connectivity index (χ0) is 20.9. The second kappa shape index (κ2) is 12.4. The summed E-state index contributed by atoms with van der Waals surface area (Å²) in [6.07, 6.45) is 1.95. The third-order valence-corrected chi connectivity index (χ3v) is 4.00. The van der Waals surface area contributed by atoms with Crippen molar-refractivity contribution in [2.24, 2.45) is 11.5 Å². The van der Waals surface area contributed by atoms with Crippen LogP contribution < -0.4 is 22.1 Å². The minimum atomic E-state index is -0.912. The predicted molar refractivity (Wildman–Crippen MR) is 105 cm³/mol. The molecule has 0 saturated carbocycles. The fourth-order valence-electron chi connectivity index (χ4n) is 2.54. The fourth-order valence-corrected chi connectivity index (χ4v) is 2.54. The van der Waals surface area contributed by atoms with Gasteiger partial charge >= 0.3 is 11.8 Å². The number of unbranched alkanes of at least 4 members (excludes halogenated alkanes) is 1. The number of aryl methyl sites for hydroxylation is 1. The van der Waals surface area contributed by atoms with Crippen LogP contribution in [0.5, 0.6) is 0 Å². The Balaban J connectivity index is 2.60. The summed E-state index contributed by atoms with van der Waals surface area (Å²) >= 11 is 0. The lowest BCUT2D eigenvalue weighted by atomic mass is 10.1. The number of nitrogens with two attached hydrogens (primary N) is 2. The van der Waals surface area contributed by atoms with Crippen molar-refractivity contribution in [3.8, 4) is 0 Å². The first-order valence-electron chi connectivity index (χ1n) is 9.21. The van der Waals surface area contributed by atoms with Gasteiger partial charge in [0, 0.05) is 13.5 Å². The van der Waals surface area contributed by atoms with Gasteiger partial charge in [-0.25, -0.2) is 0 Å². The average molecular weight is 391 g/mol. The van der Waals surface area contributed by atoms with E-state index in [4.69, 9.17) is 11.5 Å². The van der Waals surface area contributed by atoms with Gasteiger partial charge in [-0.1, -0.05) is 30.3 Å². The van der Waals surface area contributed by atoms with E-state index in [-0.39, 0.29) is 18.9 Å². The lowest BCUT2D eigenvalue weighted by molar-refractivity contribution is -0.146. The molecule has 1 rings (SSSR count). The maximum Gasteiger partial charge on any atom is 0.312 e. The number of hydrogen-bond donors (Lipinski definition) is 4. The normalized spacial score (nSPS) is 11.4. The number of likely N-dealkylation sites (N-methyl/N-ethyl adjacent to an activating group) is 1. The summed E-state index contributed by atoms with van der Waals surface area (Å²) in [5, 5.41) is 5.24. The van der Waals surface area contributed by atoms with E-state index >= 15 is 0 Å². The van der Waals surface area contributed by atoms with Gasteiger partial charge in [-0.15, -0.1) is 0 Å². The molecule has 9 heteroatoms. The first-order valence-corrected chi connectivity index (χ1v) is 9.21. The summed E-state index contributed by atoms with van der Waals surface area (Å²) in [5.41, 5.74) is 11.5. The maximum atomic E-state index is 12.2. The van der Waals surface area contributed by atoms with E-state index in [9.17, 15) is 19.2 Å². The largest absolute Gasteiger partial charge is 0.368 e. The predicted octanol–water partition coefficient (Wildman–Crippen LogP) is -0.750. The molecule has 0 aliphatic carbocycles. The molecule has 28 heavy (non-hydrogen) atoms. The molecule has 4 amide bonds. The lowest BCUT2D eigenvalue weighted by Crippen LogP contribution is -2.53. The Morgan fingerprint density at radius 2 is 1.75 bits per heavy atom. The molecule has 9 nitrogen and oxygen atoms in total. The highest BCUT2D eigenvalue weighted by Crippen LogP contribution is 2.04. The number of primary amides is 1. The number of rotatable bonds is 11. The Morgan fingerprint density at radius 1 is 1.07 bits per heavy atom. The summed E-state index contributed by atoms with van der Waals surface area (Å²) in [6.45, 7) is 0.121. The van der Waals surface area contributed by atoms with E-state index in [0.29, 0.717) is 25.8 Å². The monoisotopic (exact) mass is 391 g/mol. The number of hydrogen-bond acceptors (Lipinski definition) is 5. The topological polar surface area (TPSA) is 148 Å². The summed E-state index contributed by atoms with van der Waals surface area (Å²) in [6, 6.07) is 9.56. The molecule has 0 fully saturated rings. The van der Waals surface area contributed by atoms with Gasteiger partial charge < -0.3 is 27.0 Å². The molecule has 0 bridgehead atoms. The van der Waals surface area contributed by atoms with Crippen LogP contribution in [0.3, 0.4) is 0 Å². The number of nitrogens with one attached hydrogen (secondary N) is 2. The molecule has 1 aromatic rings. The van der Waals surface area contributed by atoms with Crippen molar-refractivity contribution in [1.82, 2.24) is 15.5 Å². The van der Waals surface area contributed by atoms with Crippen molar-refractivity contribution in [2.45, 2.75) is 38.3 Å². The van der Waals surface area contributed by atoms with Gasteiger partial charge in [0.2, 0.25) is 11.8 Å². The molecular weight excluding hydrogens is 362 g/mol. The second-order valence-electron chi connectivity index (χ2n) is 6.49. The molecule has 0 saturated heterocycles.